The molecule has 1 aliphatic heterocycles. The van der Waals surface area contributed by atoms with Crippen molar-refractivity contribution in [1.29, 1.82) is 0 Å². The minimum Gasteiger partial charge on any atom is -0.273 e. The van der Waals surface area contributed by atoms with Gasteiger partial charge in [-0.25, -0.2) is 9.69 Å². The largest absolute Gasteiger partial charge is 0.335 e. The van der Waals surface area contributed by atoms with Crippen LogP contribution in [0.2, 0.25) is 0 Å². The average molecular weight is 399 g/mol. The van der Waals surface area contributed by atoms with Crippen LogP contribution < -0.4 is 10.2 Å². The van der Waals surface area contributed by atoms with Gasteiger partial charge in [0.1, 0.15) is 5.57 Å². The third kappa shape index (κ3) is 3.39. The first-order valence-corrected chi connectivity index (χ1v) is 8.40. The number of anilines is 1. The molecule has 0 bridgehead atoms. The standard InChI is InChI=1S/C19H15BrN2O3/c1-11-3-5-13(6-4-11)10-15-17(23)21-19(25)22(18(15)24)14-7-8-16(20)12(2)9-14/h3-10H,1-2H3,(H,21,23,25)/b15-10-. The molecule has 2 aromatic carbocycles. The average Bonchev–Trinajstić information content (AvgIpc) is 2.56. The summed E-state index contributed by atoms with van der Waals surface area (Å²) in [6.07, 6.45) is 1.49. The molecule has 1 aliphatic rings. The fraction of sp³-hybridized carbons (Fsp3) is 0.105. The van der Waals surface area contributed by atoms with Crippen LogP contribution in [0.3, 0.4) is 0 Å². The van der Waals surface area contributed by atoms with Crippen molar-refractivity contribution in [2.24, 2.45) is 0 Å². The van der Waals surface area contributed by atoms with E-state index in [1.165, 1.54) is 6.08 Å². The van der Waals surface area contributed by atoms with E-state index in [9.17, 15) is 14.4 Å². The molecule has 0 saturated carbocycles. The van der Waals surface area contributed by atoms with Crippen LogP contribution in [0, 0.1) is 13.8 Å². The van der Waals surface area contributed by atoms with Crippen LogP contribution in [-0.2, 0) is 9.59 Å². The number of hydrogen-bond acceptors (Lipinski definition) is 3. The molecule has 126 valence electrons. The number of rotatable bonds is 2. The molecule has 1 fully saturated rings. The smallest absolute Gasteiger partial charge is 0.273 e. The summed E-state index contributed by atoms with van der Waals surface area (Å²) in [7, 11) is 0. The molecule has 1 N–H and O–H groups in total. The van der Waals surface area contributed by atoms with Crippen molar-refractivity contribution in [1.82, 2.24) is 5.32 Å². The number of amides is 4. The normalized spacial score (nSPS) is 16.4. The lowest BCUT2D eigenvalue weighted by Gasteiger charge is -2.26. The summed E-state index contributed by atoms with van der Waals surface area (Å²) in [6.45, 7) is 3.81. The zero-order chi connectivity index (χ0) is 18.1. The minimum atomic E-state index is -0.752. The quantitative estimate of drug-likeness (QED) is 0.618. The molecular formula is C19H15BrN2O3. The Bertz CT molecular complexity index is 917. The van der Waals surface area contributed by atoms with Gasteiger partial charge in [0.25, 0.3) is 11.8 Å². The van der Waals surface area contributed by atoms with E-state index < -0.39 is 17.8 Å². The number of carbonyl (C=O) groups is 3. The van der Waals surface area contributed by atoms with Gasteiger partial charge < -0.3 is 0 Å². The van der Waals surface area contributed by atoms with Crippen LogP contribution in [-0.4, -0.2) is 17.8 Å². The molecule has 0 atom stereocenters. The molecule has 0 radical (unpaired) electrons. The van der Waals surface area contributed by atoms with Gasteiger partial charge >= 0.3 is 6.03 Å². The summed E-state index contributed by atoms with van der Waals surface area (Å²) in [5.41, 5.74) is 2.99. The van der Waals surface area contributed by atoms with Crippen LogP contribution >= 0.6 is 15.9 Å². The summed E-state index contributed by atoms with van der Waals surface area (Å²) >= 11 is 3.39. The Morgan fingerprint density at radius 1 is 1.00 bits per heavy atom. The SMILES string of the molecule is Cc1ccc(/C=C2/C(=O)NC(=O)N(c3ccc(Br)c(C)c3)C2=O)cc1. The van der Waals surface area contributed by atoms with Crippen molar-refractivity contribution in [3.05, 3.63) is 69.2 Å². The van der Waals surface area contributed by atoms with E-state index in [2.05, 4.69) is 21.2 Å². The van der Waals surface area contributed by atoms with E-state index in [-0.39, 0.29) is 5.57 Å². The van der Waals surface area contributed by atoms with Gasteiger partial charge in [-0.2, -0.15) is 0 Å². The molecule has 4 amide bonds. The zero-order valence-electron chi connectivity index (χ0n) is 13.7. The molecule has 25 heavy (non-hydrogen) atoms. The van der Waals surface area contributed by atoms with Crippen molar-refractivity contribution < 1.29 is 14.4 Å². The van der Waals surface area contributed by atoms with Crippen LogP contribution in [0.1, 0.15) is 16.7 Å². The number of urea groups is 1. The summed E-state index contributed by atoms with van der Waals surface area (Å²) < 4.78 is 0.868. The Morgan fingerprint density at radius 3 is 2.32 bits per heavy atom. The Morgan fingerprint density at radius 2 is 1.68 bits per heavy atom. The Balaban J connectivity index is 2.02. The fourth-order valence-electron chi connectivity index (χ4n) is 2.49. The van der Waals surface area contributed by atoms with Gasteiger partial charge in [0.05, 0.1) is 5.69 Å². The predicted octanol–water partition coefficient (Wildman–Crippen LogP) is 3.73. The van der Waals surface area contributed by atoms with Gasteiger partial charge in [-0.15, -0.1) is 0 Å². The van der Waals surface area contributed by atoms with Crippen LogP contribution in [0.4, 0.5) is 10.5 Å². The maximum atomic E-state index is 12.8. The lowest BCUT2D eigenvalue weighted by molar-refractivity contribution is -0.122. The first-order chi connectivity index (χ1) is 11.9. The van der Waals surface area contributed by atoms with E-state index in [0.717, 1.165) is 20.5 Å². The van der Waals surface area contributed by atoms with Gasteiger partial charge in [-0.05, 0) is 49.2 Å². The number of nitrogens with zero attached hydrogens (tertiary/aromatic N) is 1. The second-order valence-corrected chi connectivity index (χ2v) is 6.66. The second kappa shape index (κ2) is 6.64. The van der Waals surface area contributed by atoms with E-state index in [0.29, 0.717) is 11.3 Å². The fourth-order valence-corrected chi connectivity index (χ4v) is 2.74. The number of aryl methyl sites for hydroxylation is 2. The van der Waals surface area contributed by atoms with Crippen molar-refractivity contribution in [2.45, 2.75) is 13.8 Å². The number of barbiturate groups is 1. The van der Waals surface area contributed by atoms with Gasteiger partial charge in [0, 0.05) is 4.47 Å². The molecule has 1 saturated heterocycles. The number of imide groups is 2. The number of benzene rings is 2. The number of nitrogens with one attached hydrogen (secondary N) is 1. The molecule has 3 rings (SSSR count). The molecule has 1 heterocycles. The highest BCUT2D eigenvalue weighted by molar-refractivity contribution is 9.10. The van der Waals surface area contributed by atoms with E-state index in [1.807, 2.05) is 38.1 Å². The van der Waals surface area contributed by atoms with Crippen molar-refractivity contribution >= 4 is 45.5 Å². The lowest BCUT2D eigenvalue weighted by atomic mass is 10.1. The highest BCUT2D eigenvalue weighted by atomic mass is 79.9. The molecular weight excluding hydrogens is 384 g/mol. The van der Waals surface area contributed by atoms with Gasteiger partial charge in [0.15, 0.2) is 0 Å². The molecule has 0 spiro atoms. The van der Waals surface area contributed by atoms with Crippen LogP contribution in [0.15, 0.2) is 52.5 Å². The summed E-state index contributed by atoms with van der Waals surface area (Å²) in [4.78, 5) is 38.1. The molecule has 5 nitrogen and oxygen atoms in total. The summed E-state index contributed by atoms with van der Waals surface area (Å²) in [5.74, 6) is -1.34. The second-order valence-electron chi connectivity index (χ2n) is 5.80. The summed E-state index contributed by atoms with van der Waals surface area (Å²) in [5, 5.41) is 2.22. The third-order valence-electron chi connectivity index (χ3n) is 3.89. The molecule has 0 unspecified atom stereocenters. The van der Waals surface area contributed by atoms with Gasteiger partial charge in [-0.3, -0.25) is 14.9 Å². The van der Waals surface area contributed by atoms with Gasteiger partial charge in [-0.1, -0.05) is 45.8 Å². The third-order valence-corrected chi connectivity index (χ3v) is 4.78. The Hall–Kier alpha value is -2.73. The number of halogens is 1. The molecule has 6 heteroatoms. The topological polar surface area (TPSA) is 66.5 Å². The van der Waals surface area contributed by atoms with Crippen LogP contribution in [0.5, 0.6) is 0 Å². The van der Waals surface area contributed by atoms with Crippen molar-refractivity contribution in [2.75, 3.05) is 4.90 Å². The van der Waals surface area contributed by atoms with Gasteiger partial charge in [0.2, 0.25) is 0 Å². The molecule has 2 aromatic rings. The van der Waals surface area contributed by atoms with Crippen molar-refractivity contribution in [3.8, 4) is 0 Å². The number of carbonyl (C=O) groups excluding carboxylic acids is 3. The zero-order valence-corrected chi connectivity index (χ0v) is 15.3. The van der Waals surface area contributed by atoms with E-state index in [1.54, 1.807) is 18.2 Å². The summed E-state index contributed by atoms with van der Waals surface area (Å²) in [6, 6.07) is 11.8. The molecule has 0 aromatic heterocycles. The monoisotopic (exact) mass is 398 g/mol. The maximum absolute atomic E-state index is 12.8. The van der Waals surface area contributed by atoms with Crippen LogP contribution in [0.25, 0.3) is 6.08 Å². The Labute approximate surface area is 153 Å². The Kier molecular flexibility index (Phi) is 4.55. The van der Waals surface area contributed by atoms with E-state index >= 15 is 0 Å². The minimum absolute atomic E-state index is 0.0796. The molecule has 0 aliphatic carbocycles. The number of hydrogen-bond donors (Lipinski definition) is 1. The maximum Gasteiger partial charge on any atom is 0.335 e. The van der Waals surface area contributed by atoms with E-state index in [4.69, 9.17) is 0 Å². The highest BCUT2D eigenvalue weighted by Crippen LogP contribution is 2.26. The lowest BCUT2D eigenvalue weighted by Crippen LogP contribution is -2.54. The first-order valence-electron chi connectivity index (χ1n) is 7.61. The highest BCUT2D eigenvalue weighted by Gasteiger charge is 2.36. The first kappa shape index (κ1) is 17.1. The predicted molar refractivity (Wildman–Crippen MR) is 99.1 cm³/mol. The van der Waals surface area contributed by atoms with Crippen molar-refractivity contribution in [3.63, 3.8) is 0 Å².